The number of aromatic carboxylic acids is 1. The van der Waals surface area contributed by atoms with Crippen molar-refractivity contribution in [1.29, 1.82) is 5.26 Å². The minimum Gasteiger partial charge on any atom is -0.478 e. The average molecular weight is 407 g/mol. The lowest BCUT2D eigenvalue weighted by molar-refractivity contribution is 0.0697. The van der Waals surface area contributed by atoms with Crippen LogP contribution in [0, 0.1) is 28.6 Å². The van der Waals surface area contributed by atoms with Gasteiger partial charge in [0.2, 0.25) is 5.95 Å². The first-order valence-electron chi connectivity index (χ1n) is 10.6. The number of anilines is 1. The zero-order valence-electron chi connectivity index (χ0n) is 18.0. The number of carbonyl (C=O) groups is 1. The standard InChI is InChI=1S/C24H30N4O2/c1-16-4-5-18(13-24(16,2)3)12-21-20(14-25)15-27-23(28-21)26-11-10-17-6-8-19(9-7-17)22(29)30/h6-9,15-16,18H,4-5,10-13H2,1-3H3,(H,29,30)(H,26,27,28)/t16-,18-/m0/s1. The van der Waals surface area contributed by atoms with Crippen LogP contribution < -0.4 is 5.32 Å². The second-order valence-corrected chi connectivity index (χ2v) is 9.09. The molecule has 30 heavy (non-hydrogen) atoms. The molecule has 0 unspecified atom stereocenters. The fraction of sp³-hybridized carbons (Fsp3) is 0.500. The maximum absolute atomic E-state index is 10.9. The number of carboxylic acid groups (broad SMARTS) is 1. The first-order chi connectivity index (χ1) is 14.3. The summed E-state index contributed by atoms with van der Waals surface area (Å²) in [4.78, 5) is 19.9. The number of hydrogen-bond acceptors (Lipinski definition) is 5. The molecule has 2 N–H and O–H groups in total. The van der Waals surface area contributed by atoms with E-state index in [1.807, 2.05) is 12.1 Å². The number of hydrogen-bond donors (Lipinski definition) is 2. The summed E-state index contributed by atoms with van der Waals surface area (Å²) in [6, 6.07) is 9.10. The van der Waals surface area contributed by atoms with E-state index in [9.17, 15) is 10.1 Å². The number of nitriles is 1. The Bertz CT molecular complexity index is 931. The Kier molecular flexibility index (Phi) is 6.71. The highest BCUT2D eigenvalue weighted by Gasteiger charge is 2.34. The summed E-state index contributed by atoms with van der Waals surface area (Å²) in [5.41, 5.74) is 3.03. The van der Waals surface area contributed by atoms with Crippen molar-refractivity contribution in [2.75, 3.05) is 11.9 Å². The van der Waals surface area contributed by atoms with Gasteiger partial charge < -0.3 is 10.4 Å². The molecule has 0 bridgehead atoms. The third-order valence-electron chi connectivity index (χ3n) is 6.52. The van der Waals surface area contributed by atoms with E-state index in [1.54, 1.807) is 18.3 Å². The van der Waals surface area contributed by atoms with Crippen molar-refractivity contribution in [3.05, 3.63) is 52.8 Å². The molecule has 1 aromatic heterocycles. The summed E-state index contributed by atoms with van der Waals surface area (Å²) in [5, 5.41) is 21.7. The Labute approximate surface area is 178 Å². The van der Waals surface area contributed by atoms with Gasteiger partial charge in [-0.25, -0.2) is 14.8 Å². The van der Waals surface area contributed by atoms with E-state index in [-0.39, 0.29) is 5.56 Å². The van der Waals surface area contributed by atoms with Gasteiger partial charge in [-0.1, -0.05) is 32.9 Å². The van der Waals surface area contributed by atoms with Crippen LogP contribution in [0.15, 0.2) is 30.5 Å². The van der Waals surface area contributed by atoms with Crippen molar-refractivity contribution in [3.8, 4) is 6.07 Å². The lowest BCUT2D eigenvalue weighted by Crippen LogP contribution is -2.31. The van der Waals surface area contributed by atoms with E-state index >= 15 is 0 Å². The molecule has 1 heterocycles. The van der Waals surface area contributed by atoms with Crippen molar-refractivity contribution in [2.24, 2.45) is 17.3 Å². The lowest BCUT2D eigenvalue weighted by atomic mass is 9.65. The third kappa shape index (κ3) is 5.35. The summed E-state index contributed by atoms with van der Waals surface area (Å²) in [6.45, 7) is 7.64. The van der Waals surface area contributed by atoms with Crippen LogP contribution in [0.4, 0.5) is 5.95 Å². The summed E-state index contributed by atoms with van der Waals surface area (Å²) in [6.07, 6.45) is 6.70. The molecule has 0 saturated heterocycles. The molecule has 0 spiro atoms. The summed E-state index contributed by atoms with van der Waals surface area (Å²) < 4.78 is 0. The normalized spacial score (nSPS) is 20.3. The molecule has 0 radical (unpaired) electrons. The van der Waals surface area contributed by atoms with Crippen LogP contribution >= 0.6 is 0 Å². The average Bonchev–Trinajstić information content (AvgIpc) is 2.71. The van der Waals surface area contributed by atoms with Crippen molar-refractivity contribution in [1.82, 2.24) is 9.97 Å². The van der Waals surface area contributed by atoms with Gasteiger partial charge >= 0.3 is 5.97 Å². The van der Waals surface area contributed by atoms with Crippen LogP contribution in [-0.4, -0.2) is 27.6 Å². The molecule has 1 aliphatic rings. The van der Waals surface area contributed by atoms with Gasteiger partial charge in [-0.05, 0) is 67.1 Å². The third-order valence-corrected chi connectivity index (χ3v) is 6.52. The Morgan fingerprint density at radius 3 is 2.67 bits per heavy atom. The highest BCUT2D eigenvalue weighted by atomic mass is 16.4. The second kappa shape index (κ2) is 9.25. The Morgan fingerprint density at radius 2 is 2.03 bits per heavy atom. The zero-order chi connectivity index (χ0) is 21.7. The van der Waals surface area contributed by atoms with E-state index in [1.165, 1.54) is 12.8 Å². The largest absolute Gasteiger partial charge is 0.478 e. The summed E-state index contributed by atoms with van der Waals surface area (Å²) in [7, 11) is 0. The first kappa shape index (κ1) is 21.8. The monoisotopic (exact) mass is 406 g/mol. The van der Waals surface area contributed by atoms with Crippen LogP contribution in [0.1, 0.15) is 67.2 Å². The Morgan fingerprint density at radius 1 is 1.30 bits per heavy atom. The maximum atomic E-state index is 10.9. The molecule has 1 fully saturated rings. The number of benzene rings is 1. The van der Waals surface area contributed by atoms with Gasteiger partial charge in [0.1, 0.15) is 6.07 Å². The molecule has 2 aromatic rings. The van der Waals surface area contributed by atoms with Gasteiger partial charge in [-0.2, -0.15) is 5.26 Å². The van der Waals surface area contributed by atoms with Gasteiger partial charge in [-0.15, -0.1) is 0 Å². The van der Waals surface area contributed by atoms with Crippen LogP contribution in [0.25, 0.3) is 0 Å². The molecule has 6 nitrogen and oxygen atoms in total. The van der Waals surface area contributed by atoms with Gasteiger partial charge in [0.25, 0.3) is 0 Å². The lowest BCUT2D eigenvalue weighted by Gasteiger charge is -2.40. The SMILES string of the molecule is C[C@H]1CC[C@@H](Cc2nc(NCCc3ccc(C(=O)O)cc3)ncc2C#N)CC1(C)C. The molecule has 1 aromatic carbocycles. The molecule has 158 valence electrons. The van der Waals surface area contributed by atoms with Crippen LogP contribution in [-0.2, 0) is 12.8 Å². The first-order valence-corrected chi connectivity index (χ1v) is 10.6. The zero-order valence-corrected chi connectivity index (χ0v) is 18.0. The van der Waals surface area contributed by atoms with Gasteiger partial charge in [-0.3, -0.25) is 0 Å². The minimum atomic E-state index is -0.922. The highest BCUT2D eigenvalue weighted by Crippen LogP contribution is 2.44. The molecule has 0 amide bonds. The fourth-order valence-electron chi connectivity index (χ4n) is 4.26. The predicted octanol–water partition coefficient (Wildman–Crippen LogP) is 4.71. The van der Waals surface area contributed by atoms with E-state index in [0.29, 0.717) is 29.4 Å². The van der Waals surface area contributed by atoms with Gasteiger partial charge in [0.05, 0.1) is 23.0 Å². The fourth-order valence-corrected chi connectivity index (χ4v) is 4.26. The Balaban J connectivity index is 1.61. The van der Waals surface area contributed by atoms with E-state index in [4.69, 9.17) is 5.11 Å². The number of nitrogens with zero attached hydrogens (tertiary/aromatic N) is 3. The number of aromatic nitrogens is 2. The van der Waals surface area contributed by atoms with Crippen molar-refractivity contribution in [3.63, 3.8) is 0 Å². The molecule has 1 aliphatic carbocycles. The van der Waals surface area contributed by atoms with E-state index < -0.39 is 5.97 Å². The van der Waals surface area contributed by atoms with Crippen molar-refractivity contribution >= 4 is 11.9 Å². The molecule has 1 saturated carbocycles. The predicted molar refractivity (Wildman–Crippen MR) is 116 cm³/mol. The molecule has 3 rings (SSSR count). The van der Waals surface area contributed by atoms with Crippen molar-refractivity contribution in [2.45, 2.75) is 52.9 Å². The highest BCUT2D eigenvalue weighted by molar-refractivity contribution is 5.87. The minimum absolute atomic E-state index is 0.284. The molecular weight excluding hydrogens is 376 g/mol. The van der Waals surface area contributed by atoms with Gasteiger partial charge in [0.15, 0.2) is 0 Å². The van der Waals surface area contributed by atoms with Gasteiger partial charge in [0, 0.05) is 6.54 Å². The molecule has 0 aliphatic heterocycles. The second-order valence-electron chi connectivity index (χ2n) is 9.09. The molecule has 2 atom stereocenters. The molecular formula is C24H30N4O2. The van der Waals surface area contributed by atoms with Crippen LogP contribution in [0.2, 0.25) is 0 Å². The van der Waals surface area contributed by atoms with Crippen LogP contribution in [0.5, 0.6) is 0 Å². The quantitative estimate of drug-likeness (QED) is 0.691. The number of carboxylic acids is 1. The summed E-state index contributed by atoms with van der Waals surface area (Å²) >= 11 is 0. The van der Waals surface area contributed by atoms with Crippen LogP contribution in [0.3, 0.4) is 0 Å². The topological polar surface area (TPSA) is 98.9 Å². The maximum Gasteiger partial charge on any atom is 0.335 e. The van der Waals surface area contributed by atoms with Crippen molar-refractivity contribution < 1.29 is 9.90 Å². The number of rotatable bonds is 7. The number of nitrogens with one attached hydrogen (secondary N) is 1. The summed E-state index contributed by atoms with van der Waals surface area (Å²) in [5.74, 6) is 0.874. The smallest absolute Gasteiger partial charge is 0.335 e. The van der Waals surface area contributed by atoms with E-state index in [0.717, 1.165) is 36.4 Å². The van der Waals surface area contributed by atoms with E-state index in [2.05, 4.69) is 42.1 Å². The molecule has 6 heteroatoms. The Hall–Kier alpha value is -2.94.